The molecule has 0 radical (unpaired) electrons. The van der Waals surface area contributed by atoms with Crippen molar-refractivity contribution in [1.29, 1.82) is 0 Å². The van der Waals surface area contributed by atoms with Crippen LogP contribution in [0.15, 0.2) is 0 Å². The largest absolute Gasteiger partial charge is 0.355 e. The molecule has 6 heteroatoms. The van der Waals surface area contributed by atoms with Crippen LogP contribution in [0.25, 0.3) is 0 Å². The highest BCUT2D eigenvalue weighted by Crippen LogP contribution is 2.22. The summed E-state index contributed by atoms with van der Waals surface area (Å²) in [7, 11) is 1.82. The van der Waals surface area contributed by atoms with Gasteiger partial charge in [-0.15, -0.1) is 10.2 Å². The van der Waals surface area contributed by atoms with Crippen molar-refractivity contribution in [1.82, 2.24) is 15.5 Å². The van der Waals surface area contributed by atoms with Crippen LogP contribution >= 0.6 is 11.6 Å². The summed E-state index contributed by atoms with van der Waals surface area (Å²) in [6, 6.07) is 0. The Morgan fingerprint density at radius 1 is 1.33 bits per heavy atom. The fourth-order valence-corrected chi connectivity index (χ4v) is 1.72. The highest BCUT2D eigenvalue weighted by atomic mass is 35.5. The van der Waals surface area contributed by atoms with Crippen LogP contribution < -0.4 is 10.2 Å². The quantitative estimate of drug-likeness (QED) is 0.885. The topological polar surface area (TPSA) is 58.1 Å². The molecule has 1 N–H and O–H groups in total. The Labute approximate surface area is 113 Å². The van der Waals surface area contributed by atoms with Crippen molar-refractivity contribution in [3.8, 4) is 0 Å². The lowest BCUT2D eigenvalue weighted by molar-refractivity contribution is -0.119. The van der Waals surface area contributed by atoms with Gasteiger partial charge in [0.15, 0.2) is 11.0 Å². The average Bonchev–Trinajstić information content (AvgIpc) is 2.33. The summed E-state index contributed by atoms with van der Waals surface area (Å²) in [6.45, 7) is 6.78. The van der Waals surface area contributed by atoms with Crippen LogP contribution in [0.4, 0.5) is 5.82 Å². The molecule has 1 heterocycles. The van der Waals surface area contributed by atoms with Crippen LogP contribution in [0.3, 0.4) is 0 Å². The predicted molar refractivity (Wildman–Crippen MR) is 73.1 cm³/mol. The van der Waals surface area contributed by atoms with Crippen molar-refractivity contribution < 1.29 is 4.79 Å². The lowest BCUT2D eigenvalue weighted by atomic mass is 10.2. The molecule has 0 saturated carbocycles. The standard InChI is InChI=1S/C12H19ClN4O/c1-5-6-14-10(18)7-17(4)12-9(3)8(2)11(13)15-16-12/h5-7H2,1-4H3,(H,14,18). The Morgan fingerprint density at radius 2 is 2.00 bits per heavy atom. The number of carbonyl (C=O) groups is 1. The minimum Gasteiger partial charge on any atom is -0.355 e. The first-order valence-corrected chi connectivity index (χ1v) is 6.32. The SMILES string of the molecule is CCCNC(=O)CN(C)c1nnc(Cl)c(C)c1C. The Morgan fingerprint density at radius 3 is 2.61 bits per heavy atom. The molecule has 18 heavy (non-hydrogen) atoms. The second-order valence-electron chi connectivity index (χ2n) is 4.27. The van der Waals surface area contributed by atoms with Crippen LogP contribution in [0, 0.1) is 13.8 Å². The smallest absolute Gasteiger partial charge is 0.239 e. The molecule has 0 aliphatic carbocycles. The molecule has 0 bridgehead atoms. The molecule has 0 aliphatic heterocycles. The van der Waals surface area contributed by atoms with Crippen molar-refractivity contribution in [2.24, 2.45) is 0 Å². The molecular formula is C12H19ClN4O. The third-order valence-electron chi connectivity index (χ3n) is 2.75. The molecule has 0 saturated heterocycles. The molecule has 5 nitrogen and oxygen atoms in total. The van der Waals surface area contributed by atoms with Crippen LogP contribution in [0.2, 0.25) is 5.15 Å². The first-order chi connectivity index (χ1) is 8.47. The molecule has 0 spiro atoms. The number of rotatable bonds is 5. The maximum Gasteiger partial charge on any atom is 0.239 e. The molecule has 1 amide bonds. The maximum atomic E-state index is 11.6. The van der Waals surface area contributed by atoms with Gasteiger partial charge in [0.2, 0.25) is 5.91 Å². The van der Waals surface area contributed by atoms with Gasteiger partial charge in [-0.2, -0.15) is 0 Å². The molecule has 1 aromatic rings. The Kier molecular flexibility index (Phi) is 5.34. The number of hydrogen-bond acceptors (Lipinski definition) is 4. The molecular weight excluding hydrogens is 252 g/mol. The van der Waals surface area contributed by atoms with Crippen molar-refractivity contribution in [2.45, 2.75) is 27.2 Å². The van der Waals surface area contributed by atoms with E-state index >= 15 is 0 Å². The fraction of sp³-hybridized carbons (Fsp3) is 0.583. The van der Waals surface area contributed by atoms with E-state index in [1.807, 2.05) is 27.8 Å². The van der Waals surface area contributed by atoms with Gasteiger partial charge in [0, 0.05) is 13.6 Å². The van der Waals surface area contributed by atoms with Gasteiger partial charge in [0.05, 0.1) is 6.54 Å². The Hall–Kier alpha value is -1.36. The van der Waals surface area contributed by atoms with Gasteiger partial charge in [-0.1, -0.05) is 18.5 Å². The van der Waals surface area contributed by atoms with E-state index in [0.717, 1.165) is 17.5 Å². The van der Waals surface area contributed by atoms with E-state index < -0.39 is 0 Å². The van der Waals surface area contributed by atoms with Crippen molar-refractivity contribution >= 4 is 23.3 Å². The van der Waals surface area contributed by atoms with Gasteiger partial charge in [0.25, 0.3) is 0 Å². The van der Waals surface area contributed by atoms with E-state index in [4.69, 9.17) is 11.6 Å². The number of nitrogens with one attached hydrogen (secondary N) is 1. The number of carbonyl (C=O) groups excluding carboxylic acids is 1. The van der Waals surface area contributed by atoms with Gasteiger partial charge in [0.1, 0.15) is 0 Å². The third-order valence-corrected chi connectivity index (χ3v) is 3.11. The second-order valence-corrected chi connectivity index (χ2v) is 4.63. The number of likely N-dealkylation sites (N-methyl/N-ethyl adjacent to an activating group) is 1. The summed E-state index contributed by atoms with van der Waals surface area (Å²) >= 11 is 5.89. The van der Waals surface area contributed by atoms with Crippen LogP contribution in [-0.2, 0) is 4.79 Å². The summed E-state index contributed by atoms with van der Waals surface area (Å²) in [5.41, 5.74) is 1.84. The van der Waals surface area contributed by atoms with E-state index in [-0.39, 0.29) is 12.5 Å². The number of hydrogen-bond donors (Lipinski definition) is 1. The lowest BCUT2D eigenvalue weighted by Crippen LogP contribution is -2.36. The van der Waals surface area contributed by atoms with E-state index in [9.17, 15) is 4.79 Å². The molecule has 0 fully saturated rings. The van der Waals surface area contributed by atoms with Crippen molar-refractivity contribution in [3.05, 3.63) is 16.3 Å². The number of anilines is 1. The second kappa shape index (κ2) is 6.54. The summed E-state index contributed by atoms with van der Waals surface area (Å²) in [5.74, 6) is 0.664. The molecule has 1 rings (SSSR count). The van der Waals surface area contributed by atoms with E-state index in [2.05, 4.69) is 15.5 Å². The van der Waals surface area contributed by atoms with Gasteiger partial charge in [-0.05, 0) is 31.4 Å². The number of aromatic nitrogens is 2. The van der Waals surface area contributed by atoms with Gasteiger partial charge in [-0.3, -0.25) is 4.79 Å². The van der Waals surface area contributed by atoms with Crippen LogP contribution in [0.1, 0.15) is 24.5 Å². The first-order valence-electron chi connectivity index (χ1n) is 5.94. The molecule has 100 valence electrons. The van der Waals surface area contributed by atoms with Gasteiger partial charge >= 0.3 is 0 Å². The van der Waals surface area contributed by atoms with Crippen molar-refractivity contribution in [3.63, 3.8) is 0 Å². The van der Waals surface area contributed by atoms with Gasteiger partial charge < -0.3 is 10.2 Å². The summed E-state index contributed by atoms with van der Waals surface area (Å²) in [5, 5.41) is 11.1. The highest BCUT2D eigenvalue weighted by Gasteiger charge is 2.14. The Balaban J connectivity index is 2.76. The maximum absolute atomic E-state index is 11.6. The number of halogens is 1. The zero-order chi connectivity index (χ0) is 13.7. The molecule has 0 aromatic carbocycles. The molecule has 0 unspecified atom stereocenters. The summed E-state index contributed by atoms with van der Waals surface area (Å²) < 4.78 is 0. The molecule has 0 atom stereocenters. The highest BCUT2D eigenvalue weighted by molar-refractivity contribution is 6.30. The minimum atomic E-state index is -0.0202. The van der Waals surface area contributed by atoms with E-state index in [1.165, 1.54) is 0 Å². The monoisotopic (exact) mass is 270 g/mol. The van der Waals surface area contributed by atoms with Crippen LogP contribution in [0.5, 0.6) is 0 Å². The van der Waals surface area contributed by atoms with E-state index in [0.29, 0.717) is 17.5 Å². The number of amides is 1. The van der Waals surface area contributed by atoms with Crippen molar-refractivity contribution in [2.75, 3.05) is 25.0 Å². The minimum absolute atomic E-state index is 0.0202. The lowest BCUT2D eigenvalue weighted by Gasteiger charge is -2.20. The predicted octanol–water partition coefficient (Wildman–Crippen LogP) is 1.71. The third kappa shape index (κ3) is 3.57. The normalized spacial score (nSPS) is 10.3. The fourth-order valence-electron chi connectivity index (χ4n) is 1.54. The average molecular weight is 271 g/mol. The van der Waals surface area contributed by atoms with Crippen LogP contribution in [-0.4, -0.2) is 36.2 Å². The Bertz CT molecular complexity index is 436. The zero-order valence-electron chi connectivity index (χ0n) is 11.2. The molecule has 1 aromatic heterocycles. The first kappa shape index (κ1) is 14.7. The zero-order valence-corrected chi connectivity index (χ0v) is 12.0. The number of nitrogens with zero attached hydrogens (tertiary/aromatic N) is 3. The van der Waals surface area contributed by atoms with E-state index in [1.54, 1.807) is 4.90 Å². The summed E-state index contributed by atoms with van der Waals surface area (Å²) in [6.07, 6.45) is 0.925. The molecule has 0 aliphatic rings. The van der Waals surface area contributed by atoms with Gasteiger partial charge in [-0.25, -0.2) is 0 Å². The summed E-state index contributed by atoms with van der Waals surface area (Å²) in [4.78, 5) is 13.4.